The molecule has 0 spiro atoms. The molecular formula is C13H21ClN2O2. The fraction of sp³-hybridized carbons (Fsp3) is 0.769. The van der Waals surface area contributed by atoms with Crippen LogP contribution in [0.25, 0.3) is 0 Å². The topological polar surface area (TPSA) is 47.3 Å². The van der Waals surface area contributed by atoms with Crippen molar-refractivity contribution in [1.82, 2.24) is 9.78 Å². The zero-order valence-corrected chi connectivity index (χ0v) is 11.8. The van der Waals surface area contributed by atoms with Crippen LogP contribution in [0.5, 0.6) is 0 Å². The molecule has 0 bridgehead atoms. The summed E-state index contributed by atoms with van der Waals surface area (Å²) < 4.78 is 7.21. The fourth-order valence-electron chi connectivity index (χ4n) is 2.43. The van der Waals surface area contributed by atoms with E-state index >= 15 is 0 Å². The molecule has 1 saturated heterocycles. The zero-order valence-electron chi connectivity index (χ0n) is 11.1. The van der Waals surface area contributed by atoms with E-state index in [9.17, 15) is 5.11 Å². The average Bonchev–Trinajstić information content (AvgIpc) is 2.67. The van der Waals surface area contributed by atoms with Gasteiger partial charge < -0.3 is 9.84 Å². The summed E-state index contributed by atoms with van der Waals surface area (Å²) in [6.07, 6.45) is 2.72. The second-order valence-corrected chi connectivity index (χ2v) is 5.27. The Hall–Kier alpha value is -0.580. The molecule has 1 aromatic rings. The van der Waals surface area contributed by atoms with Crippen molar-refractivity contribution in [1.29, 1.82) is 0 Å². The van der Waals surface area contributed by atoms with Crippen LogP contribution in [0.2, 0.25) is 5.02 Å². The molecular weight excluding hydrogens is 252 g/mol. The number of nitrogens with zero attached hydrogens (tertiary/aromatic N) is 2. The van der Waals surface area contributed by atoms with Crippen LogP contribution < -0.4 is 0 Å². The predicted octanol–water partition coefficient (Wildman–Crippen LogP) is 2.20. The van der Waals surface area contributed by atoms with Gasteiger partial charge in [0.2, 0.25) is 0 Å². The number of aryl methyl sites for hydroxylation is 2. The monoisotopic (exact) mass is 272 g/mol. The summed E-state index contributed by atoms with van der Waals surface area (Å²) >= 11 is 6.36. The van der Waals surface area contributed by atoms with E-state index in [-0.39, 0.29) is 0 Å². The number of aliphatic hydroxyl groups is 1. The minimum absolute atomic E-state index is 0.566. The summed E-state index contributed by atoms with van der Waals surface area (Å²) in [5.74, 6) is 0. The first-order chi connectivity index (χ1) is 8.59. The minimum Gasteiger partial charge on any atom is -0.389 e. The Kier molecular flexibility index (Phi) is 4.30. The molecule has 2 heterocycles. The third-order valence-electron chi connectivity index (χ3n) is 3.61. The third kappa shape index (κ3) is 2.71. The van der Waals surface area contributed by atoms with Gasteiger partial charge in [-0.15, -0.1) is 0 Å². The molecule has 1 N–H and O–H groups in total. The van der Waals surface area contributed by atoms with Crippen molar-refractivity contribution in [2.45, 2.75) is 51.7 Å². The molecule has 4 nitrogen and oxygen atoms in total. The number of hydrogen-bond donors (Lipinski definition) is 1. The highest BCUT2D eigenvalue weighted by Gasteiger charge is 2.32. The van der Waals surface area contributed by atoms with Gasteiger partial charge in [-0.3, -0.25) is 4.68 Å². The third-order valence-corrected chi connectivity index (χ3v) is 4.05. The standard InChI is InChI=1S/C13H21ClN2O2/c1-3-10-12(14)11(16(4-2)15-10)9-13(17)5-7-18-8-6-13/h17H,3-9H2,1-2H3. The molecule has 0 aromatic carbocycles. The van der Waals surface area contributed by atoms with Crippen LogP contribution in [0, 0.1) is 0 Å². The van der Waals surface area contributed by atoms with Gasteiger partial charge in [0.1, 0.15) is 0 Å². The van der Waals surface area contributed by atoms with E-state index in [1.54, 1.807) is 0 Å². The van der Waals surface area contributed by atoms with Gasteiger partial charge >= 0.3 is 0 Å². The van der Waals surface area contributed by atoms with Crippen LogP contribution in [0.3, 0.4) is 0 Å². The SMILES string of the molecule is CCc1nn(CC)c(CC2(O)CCOCC2)c1Cl. The van der Waals surface area contributed by atoms with Gasteiger partial charge in [-0.25, -0.2) is 0 Å². The molecule has 0 saturated carbocycles. The number of aromatic nitrogens is 2. The number of hydrogen-bond acceptors (Lipinski definition) is 3. The molecule has 1 aliphatic heterocycles. The Balaban J connectivity index is 2.24. The molecule has 0 atom stereocenters. The van der Waals surface area contributed by atoms with Crippen LogP contribution >= 0.6 is 11.6 Å². The molecule has 5 heteroatoms. The molecule has 2 rings (SSSR count). The van der Waals surface area contributed by atoms with E-state index in [1.807, 2.05) is 18.5 Å². The van der Waals surface area contributed by atoms with E-state index < -0.39 is 5.60 Å². The van der Waals surface area contributed by atoms with E-state index in [0.717, 1.165) is 29.4 Å². The summed E-state index contributed by atoms with van der Waals surface area (Å²) in [4.78, 5) is 0. The van der Waals surface area contributed by atoms with E-state index in [4.69, 9.17) is 16.3 Å². The number of rotatable bonds is 4. The number of halogens is 1. The van der Waals surface area contributed by atoms with Gasteiger partial charge in [0.05, 0.1) is 22.0 Å². The van der Waals surface area contributed by atoms with Crippen LogP contribution in [0.1, 0.15) is 38.1 Å². The van der Waals surface area contributed by atoms with Crippen molar-refractivity contribution < 1.29 is 9.84 Å². The summed E-state index contributed by atoms with van der Waals surface area (Å²) in [6, 6.07) is 0. The lowest BCUT2D eigenvalue weighted by molar-refractivity contribution is -0.0635. The maximum absolute atomic E-state index is 10.6. The molecule has 18 heavy (non-hydrogen) atoms. The Morgan fingerprint density at radius 3 is 2.61 bits per heavy atom. The predicted molar refractivity (Wildman–Crippen MR) is 71.0 cm³/mol. The minimum atomic E-state index is -0.695. The summed E-state index contributed by atoms with van der Waals surface area (Å²) in [7, 11) is 0. The van der Waals surface area contributed by atoms with Gasteiger partial charge in [-0.1, -0.05) is 18.5 Å². The highest BCUT2D eigenvalue weighted by molar-refractivity contribution is 6.31. The summed E-state index contributed by atoms with van der Waals surface area (Å²) in [6.45, 7) is 6.10. The van der Waals surface area contributed by atoms with Crippen LogP contribution in [0.4, 0.5) is 0 Å². The fourth-order valence-corrected chi connectivity index (χ4v) is 2.76. The van der Waals surface area contributed by atoms with Gasteiger partial charge in [0, 0.05) is 26.2 Å². The quantitative estimate of drug-likeness (QED) is 0.914. The molecule has 1 fully saturated rings. The Bertz CT molecular complexity index is 411. The van der Waals surface area contributed by atoms with Crippen molar-refractivity contribution in [2.75, 3.05) is 13.2 Å². The lowest BCUT2D eigenvalue weighted by Crippen LogP contribution is -2.38. The highest BCUT2D eigenvalue weighted by atomic mass is 35.5. The number of ether oxygens (including phenoxy) is 1. The summed E-state index contributed by atoms with van der Waals surface area (Å²) in [5.41, 5.74) is 1.18. The Morgan fingerprint density at radius 1 is 1.39 bits per heavy atom. The Labute approximate surface area is 113 Å². The van der Waals surface area contributed by atoms with E-state index in [0.29, 0.717) is 32.5 Å². The zero-order chi connectivity index (χ0) is 13.2. The maximum Gasteiger partial charge on any atom is 0.0850 e. The molecule has 1 aliphatic rings. The highest BCUT2D eigenvalue weighted by Crippen LogP contribution is 2.30. The molecule has 0 aliphatic carbocycles. The van der Waals surface area contributed by atoms with E-state index in [1.165, 1.54) is 0 Å². The first-order valence-corrected chi connectivity index (χ1v) is 7.01. The summed E-state index contributed by atoms with van der Waals surface area (Å²) in [5, 5.41) is 15.8. The second kappa shape index (κ2) is 5.59. The lowest BCUT2D eigenvalue weighted by Gasteiger charge is -2.32. The van der Waals surface area contributed by atoms with Gasteiger partial charge in [0.15, 0.2) is 0 Å². The van der Waals surface area contributed by atoms with Gasteiger partial charge in [-0.2, -0.15) is 5.10 Å². The van der Waals surface area contributed by atoms with Crippen molar-refractivity contribution in [3.63, 3.8) is 0 Å². The molecule has 102 valence electrons. The first-order valence-electron chi connectivity index (χ1n) is 6.64. The Morgan fingerprint density at radius 2 is 2.06 bits per heavy atom. The maximum atomic E-state index is 10.6. The molecule has 0 amide bonds. The van der Waals surface area contributed by atoms with Crippen LogP contribution in [0.15, 0.2) is 0 Å². The molecule has 0 radical (unpaired) electrons. The smallest absolute Gasteiger partial charge is 0.0850 e. The molecule has 0 unspecified atom stereocenters. The first kappa shape index (κ1) is 13.8. The van der Waals surface area contributed by atoms with Crippen molar-refractivity contribution in [2.24, 2.45) is 0 Å². The van der Waals surface area contributed by atoms with E-state index in [2.05, 4.69) is 5.10 Å². The normalized spacial score (nSPS) is 19.1. The van der Waals surface area contributed by atoms with Crippen molar-refractivity contribution in [3.05, 3.63) is 16.4 Å². The second-order valence-electron chi connectivity index (χ2n) is 4.89. The van der Waals surface area contributed by atoms with Crippen molar-refractivity contribution in [3.8, 4) is 0 Å². The average molecular weight is 273 g/mol. The largest absolute Gasteiger partial charge is 0.389 e. The van der Waals surface area contributed by atoms with Crippen LogP contribution in [-0.2, 0) is 24.1 Å². The van der Waals surface area contributed by atoms with Crippen molar-refractivity contribution >= 4 is 11.6 Å². The lowest BCUT2D eigenvalue weighted by atomic mass is 9.89. The van der Waals surface area contributed by atoms with Crippen LogP contribution in [-0.4, -0.2) is 33.7 Å². The van der Waals surface area contributed by atoms with Gasteiger partial charge in [0.25, 0.3) is 0 Å². The van der Waals surface area contributed by atoms with Gasteiger partial charge in [-0.05, 0) is 26.2 Å². The molecule has 1 aromatic heterocycles.